The zero-order chi connectivity index (χ0) is 14.8. The molecule has 4 heteroatoms. The molecular weight excluding hydrogens is 252 g/mol. The lowest BCUT2D eigenvalue weighted by atomic mass is 10.0. The summed E-state index contributed by atoms with van der Waals surface area (Å²) in [7, 11) is 1.76. The van der Waals surface area contributed by atoms with E-state index in [9.17, 15) is 4.79 Å². The quantitative estimate of drug-likeness (QED) is 0.743. The van der Waals surface area contributed by atoms with Crippen LogP contribution in [0.5, 0.6) is 0 Å². The molecule has 2 aliphatic rings. The second-order valence-corrected chi connectivity index (χ2v) is 6.98. The van der Waals surface area contributed by atoms with Gasteiger partial charge in [0.1, 0.15) is 0 Å². The number of carbonyl (C=O) groups excluding carboxylic acids is 1. The summed E-state index contributed by atoms with van der Waals surface area (Å²) in [4.78, 5) is 14.7. The first-order valence-electron chi connectivity index (χ1n) is 8.07. The van der Waals surface area contributed by atoms with Gasteiger partial charge < -0.3 is 9.64 Å². The number of ether oxygens (including phenoxy) is 1. The van der Waals surface area contributed by atoms with Crippen LogP contribution in [0.1, 0.15) is 52.9 Å². The molecule has 2 fully saturated rings. The molecule has 2 rings (SSSR count). The fraction of sp³-hybridized carbons (Fsp3) is 0.938. The molecule has 116 valence electrons. The SMILES string of the molecule is CCC1NC(CC(C)C)C(=O)N1CC1(CCOC)CC1. The van der Waals surface area contributed by atoms with Gasteiger partial charge in [-0.05, 0) is 43.4 Å². The first kappa shape index (κ1) is 15.8. The predicted molar refractivity (Wildman–Crippen MR) is 80.3 cm³/mol. The predicted octanol–water partition coefficient (Wildman–Crippen LogP) is 2.39. The summed E-state index contributed by atoms with van der Waals surface area (Å²) in [6, 6.07) is 0.0261. The van der Waals surface area contributed by atoms with E-state index in [0.717, 1.165) is 32.4 Å². The Kier molecular flexibility index (Phi) is 5.08. The minimum atomic E-state index is 0.0261. The van der Waals surface area contributed by atoms with E-state index in [1.54, 1.807) is 7.11 Å². The summed E-state index contributed by atoms with van der Waals surface area (Å²) < 4.78 is 5.22. The third-order valence-electron chi connectivity index (χ3n) is 4.74. The van der Waals surface area contributed by atoms with Crippen molar-refractivity contribution in [3.8, 4) is 0 Å². The molecule has 20 heavy (non-hydrogen) atoms. The molecule has 1 heterocycles. The largest absolute Gasteiger partial charge is 0.385 e. The second kappa shape index (κ2) is 6.44. The number of nitrogens with zero attached hydrogens (tertiary/aromatic N) is 1. The number of hydrogen-bond acceptors (Lipinski definition) is 3. The van der Waals surface area contributed by atoms with Crippen LogP contribution in [-0.4, -0.2) is 43.3 Å². The Morgan fingerprint density at radius 1 is 1.45 bits per heavy atom. The van der Waals surface area contributed by atoms with Crippen molar-refractivity contribution in [2.45, 2.75) is 65.1 Å². The molecule has 0 aromatic heterocycles. The van der Waals surface area contributed by atoms with Gasteiger partial charge in [-0.1, -0.05) is 20.8 Å². The first-order valence-corrected chi connectivity index (χ1v) is 8.07. The van der Waals surface area contributed by atoms with Crippen molar-refractivity contribution >= 4 is 5.91 Å². The molecule has 1 aliphatic carbocycles. The minimum Gasteiger partial charge on any atom is -0.385 e. The van der Waals surface area contributed by atoms with Gasteiger partial charge in [-0.2, -0.15) is 0 Å². The van der Waals surface area contributed by atoms with Gasteiger partial charge in [0, 0.05) is 20.3 Å². The van der Waals surface area contributed by atoms with Gasteiger partial charge in [-0.15, -0.1) is 0 Å². The Labute approximate surface area is 123 Å². The van der Waals surface area contributed by atoms with Gasteiger partial charge in [-0.25, -0.2) is 0 Å². The third-order valence-corrected chi connectivity index (χ3v) is 4.74. The molecule has 0 aromatic rings. The lowest BCUT2D eigenvalue weighted by Gasteiger charge is -2.28. The summed E-state index contributed by atoms with van der Waals surface area (Å²) >= 11 is 0. The van der Waals surface area contributed by atoms with E-state index in [1.807, 2.05) is 0 Å². The number of rotatable bonds is 8. The Hall–Kier alpha value is -0.610. The summed E-state index contributed by atoms with van der Waals surface area (Å²) in [6.45, 7) is 8.24. The number of nitrogens with one attached hydrogen (secondary N) is 1. The van der Waals surface area contributed by atoms with Crippen LogP contribution in [0, 0.1) is 11.3 Å². The van der Waals surface area contributed by atoms with Crippen LogP contribution < -0.4 is 5.32 Å². The molecule has 2 atom stereocenters. The van der Waals surface area contributed by atoms with E-state index in [0.29, 0.717) is 17.2 Å². The highest BCUT2D eigenvalue weighted by Gasteiger charge is 2.48. The molecule has 2 unspecified atom stereocenters. The lowest BCUT2D eigenvalue weighted by Crippen LogP contribution is -2.40. The number of carbonyl (C=O) groups is 1. The average Bonchev–Trinajstić information content (AvgIpc) is 3.12. The van der Waals surface area contributed by atoms with Gasteiger partial charge in [0.2, 0.25) is 5.91 Å². The Balaban J connectivity index is 1.97. The molecule has 0 radical (unpaired) electrons. The molecule has 1 saturated heterocycles. The van der Waals surface area contributed by atoms with E-state index in [1.165, 1.54) is 12.8 Å². The fourth-order valence-corrected chi connectivity index (χ4v) is 3.26. The Bertz CT molecular complexity index is 339. The summed E-state index contributed by atoms with van der Waals surface area (Å²) in [5.74, 6) is 0.867. The highest BCUT2D eigenvalue weighted by atomic mass is 16.5. The van der Waals surface area contributed by atoms with Crippen LogP contribution in [0.25, 0.3) is 0 Å². The maximum Gasteiger partial charge on any atom is 0.241 e. The van der Waals surface area contributed by atoms with Gasteiger partial charge in [-0.3, -0.25) is 10.1 Å². The molecule has 1 N–H and O–H groups in total. The van der Waals surface area contributed by atoms with Gasteiger partial charge in [0.05, 0.1) is 12.2 Å². The van der Waals surface area contributed by atoms with Crippen molar-refractivity contribution in [3.05, 3.63) is 0 Å². The zero-order valence-corrected chi connectivity index (χ0v) is 13.4. The van der Waals surface area contributed by atoms with E-state index in [4.69, 9.17) is 4.74 Å². The van der Waals surface area contributed by atoms with Crippen LogP contribution >= 0.6 is 0 Å². The lowest BCUT2D eigenvalue weighted by molar-refractivity contribution is -0.131. The smallest absolute Gasteiger partial charge is 0.241 e. The molecule has 1 saturated carbocycles. The van der Waals surface area contributed by atoms with Crippen LogP contribution in [0.3, 0.4) is 0 Å². The maximum absolute atomic E-state index is 12.6. The fourth-order valence-electron chi connectivity index (χ4n) is 3.26. The van der Waals surface area contributed by atoms with E-state index in [2.05, 4.69) is 31.0 Å². The minimum absolute atomic E-state index is 0.0261. The summed E-state index contributed by atoms with van der Waals surface area (Å²) in [5, 5.41) is 3.52. The van der Waals surface area contributed by atoms with Crippen LogP contribution in [0.15, 0.2) is 0 Å². The average molecular weight is 282 g/mol. The number of amides is 1. The van der Waals surface area contributed by atoms with Gasteiger partial charge in [0.15, 0.2) is 0 Å². The molecule has 1 aliphatic heterocycles. The second-order valence-electron chi connectivity index (χ2n) is 6.98. The van der Waals surface area contributed by atoms with Crippen molar-refractivity contribution < 1.29 is 9.53 Å². The van der Waals surface area contributed by atoms with Crippen LogP contribution in [0.2, 0.25) is 0 Å². The van der Waals surface area contributed by atoms with E-state index in [-0.39, 0.29) is 12.2 Å². The Morgan fingerprint density at radius 2 is 2.15 bits per heavy atom. The number of hydrogen-bond donors (Lipinski definition) is 1. The van der Waals surface area contributed by atoms with Crippen LogP contribution in [0.4, 0.5) is 0 Å². The van der Waals surface area contributed by atoms with E-state index < -0.39 is 0 Å². The van der Waals surface area contributed by atoms with Crippen LogP contribution in [-0.2, 0) is 9.53 Å². The standard InChI is InChI=1S/C16H30N2O2/c1-5-14-17-13(10-12(2)3)15(19)18(14)11-16(6-7-16)8-9-20-4/h12-14,17H,5-11H2,1-4H3. The first-order chi connectivity index (χ1) is 9.51. The maximum atomic E-state index is 12.6. The van der Waals surface area contributed by atoms with Gasteiger partial charge >= 0.3 is 0 Å². The van der Waals surface area contributed by atoms with Crippen molar-refractivity contribution in [3.63, 3.8) is 0 Å². The van der Waals surface area contributed by atoms with Crippen molar-refractivity contribution in [2.75, 3.05) is 20.3 Å². The molecular formula is C16H30N2O2. The normalized spacial score (nSPS) is 28.4. The number of methoxy groups -OCH3 is 1. The highest BCUT2D eigenvalue weighted by Crippen LogP contribution is 2.50. The van der Waals surface area contributed by atoms with Gasteiger partial charge in [0.25, 0.3) is 0 Å². The molecule has 1 amide bonds. The van der Waals surface area contributed by atoms with E-state index >= 15 is 0 Å². The van der Waals surface area contributed by atoms with Crippen molar-refractivity contribution in [1.82, 2.24) is 10.2 Å². The highest BCUT2D eigenvalue weighted by molar-refractivity contribution is 5.84. The van der Waals surface area contributed by atoms with Crippen molar-refractivity contribution in [2.24, 2.45) is 11.3 Å². The van der Waals surface area contributed by atoms with Crippen molar-refractivity contribution in [1.29, 1.82) is 0 Å². The Morgan fingerprint density at radius 3 is 2.65 bits per heavy atom. The topological polar surface area (TPSA) is 41.6 Å². The molecule has 0 aromatic carbocycles. The monoisotopic (exact) mass is 282 g/mol. The summed E-state index contributed by atoms with van der Waals surface area (Å²) in [6.07, 6.45) is 5.72. The zero-order valence-electron chi connectivity index (χ0n) is 13.4. The summed E-state index contributed by atoms with van der Waals surface area (Å²) in [5.41, 5.74) is 0.341. The third kappa shape index (κ3) is 3.53. The molecule has 0 bridgehead atoms. The molecule has 0 spiro atoms. The molecule has 4 nitrogen and oxygen atoms in total.